The summed E-state index contributed by atoms with van der Waals surface area (Å²) in [6.45, 7) is 2.80. The standard InChI is InChI=1S/C21H18N6O3S/c1-13-2-4-14(5-3-13)9-27-20-19(25-26-27)21(23-11-22-20)31-10-18(28)24-15-6-7-16-17(8-15)30-12-29-16/h2-8,11H,9-10,12H2,1H3,(H,24,28). The molecular weight excluding hydrogens is 416 g/mol. The van der Waals surface area contributed by atoms with E-state index in [2.05, 4.69) is 49.9 Å². The number of nitrogens with zero attached hydrogens (tertiary/aromatic N) is 5. The predicted octanol–water partition coefficient (Wildman–Crippen LogP) is 3.04. The molecule has 31 heavy (non-hydrogen) atoms. The molecular formula is C21H18N6O3S. The van der Waals surface area contributed by atoms with Gasteiger partial charge in [-0.15, -0.1) is 5.10 Å². The summed E-state index contributed by atoms with van der Waals surface area (Å²) in [6.07, 6.45) is 1.47. The van der Waals surface area contributed by atoms with Crippen LogP contribution in [0.1, 0.15) is 11.1 Å². The molecule has 156 valence electrons. The van der Waals surface area contributed by atoms with E-state index in [1.807, 2.05) is 6.92 Å². The van der Waals surface area contributed by atoms with Crippen molar-refractivity contribution in [2.24, 2.45) is 0 Å². The molecule has 0 saturated heterocycles. The van der Waals surface area contributed by atoms with Gasteiger partial charge in [0.1, 0.15) is 11.4 Å². The number of benzene rings is 2. The molecule has 0 bridgehead atoms. The van der Waals surface area contributed by atoms with E-state index in [9.17, 15) is 4.79 Å². The summed E-state index contributed by atoms with van der Waals surface area (Å²) in [4.78, 5) is 21.0. The third-order valence-electron chi connectivity index (χ3n) is 4.72. The molecule has 2 aromatic carbocycles. The number of nitrogens with one attached hydrogen (secondary N) is 1. The van der Waals surface area contributed by atoms with Crippen molar-refractivity contribution in [2.45, 2.75) is 18.5 Å². The van der Waals surface area contributed by atoms with Crippen molar-refractivity contribution in [3.05, 3.63) is 59.9 Å². The van der Waals surface area contributed by atoms with E-state index in [-0.39, 0.29) is 18.5 Å². The maximum absolute atomic E-state index is 12.4. The van der Waals surface area contributed by atoms with Gasteiger partial charge in [-0.05, 0) is 24.6 Å². The Morgan fingerprint density at radius 2 is 1.97 bits per heavy atom. The summed E-state index contributed by atoms with van der Waals surface area (Å²) in [6, 6.07) is 13.5. The molecule has 1 aliphatic rings. The molecule has 1 amide bonds. The monoisotopic (exact) mass is 434 g/mol. The van der Waals surface area contributed by atoms with Crippen LogP contribution in [0.5, 0.6) is 11.5 Å². The van der Waals surface area contributed by atoms with Crippen LogP contribution in [0.2, 0.25) is 0 Å². The minimum atomic E-state index is -0.164. The summed E-state index contributed by atoms with van der Waals surface area (Å²) < 4.78 is 12.4. The summed E-state index contributed by atoms with van der Waals surface area (Å²) >= 11 is 1.29. The van der Waals surface area contributed by atoms with Crippen molar-refractivity contribution in [1.29, 1.82) is 0 Å². The molecule has 0 unspecified atom stereocenters. The second kappa shape index (κ2) is 8.23. The number of hydrogen-bond acceptors (Lipinski definition) is 8. The van der Waals surface area contributed by atoms with Crippen LogP contribution in [-0.4, -0.2) is 43.4 Å². The molecule has 0 spiro atoms. The van der Waals surface area contributed by atoms with Gasteiger partial charge >= 0.3 is 0 Å². The van der Waals surface area contributed by atoms with Crippen LogP contribution in [0, 0.1) is 6.92 Å². The molecule has 4 aromatic rings. The first-order valence-electron chi connectivity index (χ1n) is 9.58. The Balaban J connectivity index is 1.26. The largest absolute Gasteiger partial charge is 0.454 e. The quantitative estimate of drug-likeness (QED) is 0.365. The molecule has 3 heterocycles. The minimum absolute atomic E-state index is 0.164. The van der Waals surface area contributed by atoms with E-state index >= 15 is 0 Å². The summed E-state index contributed by atoms with van der Waals surface area (Å²) in [5.41, 5.74) is 4.16. The summed E-state index contributed by atoms with van der Waals surface area (Å²) in [5, 5.41) is 11.9. The lowest BCUT2D eigenvalue weighted by Gasteiger charge is -2.06. The normalized spacial score (nSPS) is 12.3. The van der Waals surface area contributed by atoms with Gasteiger partial charge in [-0.1, -0.05) is 46.8 Å². The number of fused-ring (bicyclic) bond motifs is 2. The maximum atomic E-state index is 12.4. The number of aromatic nitrogens is 5. The van der Waals surface area contributed by atoms with Crippen molar-refractivity contribution in [3.8, 4) is 11.5 Å². The zero-order chi connectivity index (χ0) is 21.2. The highest BCUT2D eigenvalue weighted by Gasteiger charge is 2.16. The highest BCUT2D eigenvalue weighted by molar-refractivity contribution is 8.00. The maximum Gasteiger partial charge on any atom is 0.234 e. The fraction of sp³-hybridized carbons (Fsp3) is 0.190. The first-order valence-corrected chi connectivity index (χ1v) is 10.6. The average molecular weight is 434 g/mol. The Bertz CT molecular complexity index is 1260. The van der Waals surface area contributed by atoms with E-state index in [1.54, 1.807) is 22.9 Å². The number of hydrogen-bond donors (Lipinski definition) is 1. The molecule has 9 nitrogen and oxygen atoms in total. The Morgan fingerprint density at radius 3 is 2.84 bits per heavy atom. The molecule has 1 aliphatic heterocycles. The van der Waals surface area contributed by atoms with Gasteiger partial charge < -0.3 is 14.8 Å². The second-order valence-electron chi connectivity index (χ2n) is 6.99. The molecule has 0 saturated carbocycles. The molecule has 5 rings (SSSR count). The number of thioether (sulfide) groups is 1. The van der Waals surface area contributed by atoms with Crippen LogP contribution < -0.4 is 14.8 Å². The van der Waals surface area contributed by atoms with Crippen molar-refractivity contribution >= 4 is 34.5 Å². The molecule has 10 heteroatoms. The SMILES string of the molecule is Cc1ccc(Cn2nnc3c(SCC(=O)Nc4ccc5c(c4)OCO5)ncnc32)cc1. The van der Waals surface area contributed by atoms with Crippen LogP contribution in [0.4, 0.5) is 5.69 Å². The van der Waals surface area contributed by atoms with E-state index in [4.69, 9.17) is 9.47 Å². The zero-order valence-electron chi connectivity index (χ0n) is 16.6. The third-order valence-corrected chi connectivity index (χ3v) is 5.69. The molecule has 0 fully saturated rings. The smallest absolute Gasteiger partial charge is 0.234 e. The van der Waals surface area contributed by atoms with Gasteiger partial charge in [0.15, 0.2) is 22.7 Å². The van der Waals surface area contributed by atoms with E-state index < -0.39 is 0 Å². The van der Waals surface area contributed by atoms with Crippen LogP contribution in [0.15, 0.2) is 53.8 Å². The molecule has 2 aromatic heterocycles. The number of rotatable bonds is 6. The Labute approximate surface area is 181 Å². The average Bonchev–Trinajstić information content (AvgIpc) is 3.41. The fourth-order valence-corrected chi connectivity index (χ4v) is 3.89. The lowest BCUT2D eigenvalue weighted by molar-refractivity contribution is -0.113. The fourth-order valence-electron chi connectivity index (χ4n) is 3.16. The van der Waals surface area contributed by atoms with Crippen molar-refractivity contribution < 1.29 is 14.3 Å². The zero-order valence-corrected chi connectivity index (χ0v) is 17.4. The minimum Gasteiger partial charge on any atom is -0.454 e. The van der Waals surface area contributed by atoms with Gasteiger partial charge in [-0.2, -0.15) is 0 Å². The lowest BCUT2D eigenvalue weighted by atomic mass is 10.1. The van der Waals surface area contributed by atoms with Crippen molar-refractivity contribution in [1.82, 2.24) is 25.0 Å². The summed E-state index contributed by atoms with van der Waals surface area (Å²) in [7, 11) is 0. The third kappa shape index (κ3) is 4.15. The highest BCUT2D eigenvalue weighted by Crippen LogP contribution is 2.34. The number of carbonyl (C=O) groups excluding carboxylic acids is 1. The van der Waals surface area contributed by atoms with E-state index in [1.165, 1.54) is 23.7 Å². The van der Waals surface area contributed by atoms with Gasteiger partial charge in [0.05, 0.1) is 12.3 Å². The van der Waals surface area contributed by atoms with Crippen LogP contribution in [0.25, 0.3) is 11.2 Å². The number of aryl methyl sites for hydroxylation is 1. The number of amides is 1. The van der Waals surface area contributed by atoms with Crippen molar-refractivity contribution in [3.63, 3.8) is 0 Å². The lowest BCUT2D eigenvalue weighted by Crippen LogP contribution is -2.14. The van der Waals surface area contributed by atoms with Crippen molar-refractivity contribution in [2.75, 3.05) is 17.9 Å². The molecule has 0 atom stereocenters. The van der Waals surface area contributed by atoms with Gasteiger partial charge in [-0.25, -0.2) is 14.6 Å². The predicted molar refractivity (Wildman–Crippen MR) is 115 cm³/mol. The van der Waals surface area contributed by atoms with Crippen LogP contribution in [0.3, 0.4) is 0 Å². The topological polar surface area (TPSA) is 104 Å². The second-order valence-corrected chi connectivity index (χ2v) is 7.95. The Morgan fingerprint density at radius 1 is 1.13 bits per heavy atom. The summed E-state index contributed by atoms with van der Waals surface area (Å²) in [5.74, 6) is 1.30. The first kappa shape index (κ1) is 19.3. The number of ether oxygens (including phenoxy) is 2. The van der Waals surface area contributed by atoms with E-state index in [0.29, 0.717) is 39.9 Å². The Hall–Kier alpha value is -3.66. The van der Waals surface area contributed by atoms with Crippen LogP contribution in [-0.2, 0) is 11.3 Å². The molecule has 1 N–H and O–H groups in total. The van der Waals surface area contributed by atoms with Crippen LogP contribution >= 0.6 is 11.8 Å². The van der Waals surface area contributed by atoms with E-state index in [0.717, 1.165) is 5.56 Å². The van der Waals surface area contributed by atoms with Gasteiger partial charge in [0.25, 0.3) is 0 Å². The molecule has 0 radical (unpaired) electrons. The van der Waals surface area contributed by atoms with Gasteiger partial charge in [-0.3, -0.25) is 4.79 Å². The van der Waals surface area contributed by atoms with Gasteiger partial charge in [0, 0.05) is 11.8 Å². The highest BCUT2D eigenvalue weighted by atomic mass is 32.2. The number of anilines is 1. The van der Waals surface area contributed by atoms with Gasteiger partial charge in [0.2, 0.25) is 12.7 Å². The Kier molecular flexibility index (Phi) is 5.13. The molecule has 0 aliphatic carbocycles. The first-order chi connectivity index (χ1) is 15.2. The number of carbonyl (C=O) groups is 1.